The van der Waals surface area contributed by atoms with Crippen LogP contribution in [0.25, 0.3) is 0 Å². The van der Waals surface area contributed by atoms with Crippen LogP contribution < -0.4 is 0 Å². The molecule has 0 saturated heterocycles. The summed E-state index contributed by atoms with van der Waals surface area (Å²) in [5.41, 5.74) is 0. The smallest absolute Gasteiger partial charge is 0.256 e. The van der Waals surface area contributed by atoms with Gasteiger partial charge in [-0.25, -0.2) is 0 Å². The molecule has 0 aromatic carbocycles. The second-order valence-corrected chi connectivity index (χ2v) is 1.39. The summed E-state index contributed by atoms with van der Waals surface area (Å²) in [6, 6.07) is 0. The highest BCUT2D eigenvalue weighted by atomic mass is 16.6. The van der Waals surface area contributed by atoms with Crippen molar-refractivity contribution in [3.63, 3.8) is 0 Å². The van der Waals surface area contributed by atoms with Crippen LogP contribution in [0.15, 0.2) is 35.6 Å². The molecule has 60 valence electrons. The van der Waals surface area contributed by atoms with Gasteiger partial charge in [-0.3, -0.25) is 0 Å². The second-order valence-electron chi connectivity index (χ2n) is 1.39. The maximum atomic E-state index is 8.19. The standard InChI is InChI=1S/C6H8N2O3/c1-3-5(7-9)11-6(4-2)8-10/h3-4,9-10H,1-2H2. The molecule has 0 amide bonds. The van der Waals surface area contributed by atoms with Crippen molar-refractivity contribution in [3.8, 4) is 0 Å². The average molecular weight is 156 g/mol. The Morgan fingerprint density at radius 1 is 1.09 bits per heavy atom. The lowest BCUT2D eigenvalue weighted by molar-refractivity contribution is 0.290. The summed E-state index contributed by atoms with van der Waals surface area (Å²) in [5, 5.41) is 21.7. The number of hydrogen-bond acceptors (Lipinski definition) is 5. The van der Waals surface area contributed by atoms with Crippen LogP contribution in [0, 0.1) is 0 Å². The van der Waals surface area contributed by atoms with E-state index in [4.69, 9.17) is 10.4 Å². The molecule has 5 nitrogen and oxygen atoms in total. The van der Waals surface area contributed by atoms with Crippen molar-refractivity contribution < 1.29 is 15.2 Å². The van der Waals surface area contributed by atoms with Gasteiger partial charge in [0.2, 0.25) is 0 Å². The van der Waals surface area contributed by atoms with E-state index in [2.05, 4.69) is 28.2 Å². The fourth-order valence-electron chi connectivity index (χ4n) is 0.313. The molecular formula is C6H8N2O3. The van der Waals surface area contributed by atoms with Crippen LogP contribution in [0.3, 0.4) is 0 Å². The summed E-state index contributed by atoms with van der Waals surface area (Å²) in [4.78, 5) is 0. The van der Waals surface area contributed by atoms with Crippen LogP contribution in [-0.2, 0) is 4.74 Å². The van der Waals surface area contributed by atoms with E-state index in [9.17, 15) is 0 Å². The Labute approximate surface area is 63.6 Å². The molecule has 11 heavy (non-hydrogen) atoms. The largest absolute Gasteiger partial charge is 0.415 e. The van der Waals surface area contributed by atoms with Gasteiger partial charge >= 0.3 is 0 Å². The molecule has 0 spiro atoms. The van der Waals surface area contributed by atoms with Gasteiger partial charge in [-0.1, -0.05) is 13.2 Å². The summed E-state index contributed by atoms with van der Waals surface area (Å²) < 4.78 is 4.61. The highest BCUT2D eigenvalue weighted by Gasteiger charge is 1.98. The molecule has 0 heterocycles. The number of ether oxygens (including phenoxy) is 1. The minimum atomic E-state index is -0.169. The maximum absolute atomic E-state index is 8.19. The number of rotatable bonds is 2. The van der Waals surface area contributed by atoms with E-state index in [1.54, 1.807) is 0 Å². The first kappa shape index (κ1) is 9.22. The molecule has 5 heteroatoms. The SMILES string of the molecule is C=CC(=NO)OC(C=C)=NO. The molecule has 0 fully saturated rings. The van der Waals surface area contributed by atoms with Crippen molar-refractivity contribution in [2.45, 2.75) is 0 Å². The number of hydrogen-bond donors (Lipinski definition) is 2. The Bertz CT molecular complexity index is 186. The third-order valence-electron chi connectivity index (χ3n) is 0.755. The normalized spacial score (nSPS) is 12.4. The van der Waals surface area contributed by atoms with Crippen molar-refractivity contribution in [2.24, 2.45) is 10.3 Å². The fourth-order valence-corrected chi connectivity index (χ4v) is 0.313. The molecule has 0 aromatic heterocycles. The van der Waals surface area contributed by atoms with Crippen molar-refractivity contribution in [1.29, 1.82) is 0 Å². The van der Waals surface area contributed by atoms with Crippen LogP contribution in [0.4, 0.5) is 0 Å². The van der Waals surface area contributed by atoms with Gasteiger partial charge in [0, 0.05) is 0 Å². The first-order valence-corrected chi connectivity index (χ1v) is 2.65. The molecule has 0 saturated carbocycles. The molecule has 2 N–H and O–H groups in total. The van der Waals surface area contributed by atoms with Gasteiger partial charge in [0.1, 0.15) is 0 Å². The van der Waals surface area contributed by atoms with E-state index in [0.29, 0.717) is 0 Å². The summed E-state index contributed by atoms with van der Waals surface area (Å²) in [5.74, 6) is -0.338. The van der Waals surface area contributed by atoms with Gasteiger partial charge < -0.3 is 15.2 Å². The molecule has 0 rings (SSSR count). The predicted molar refractivity (Wildman–Crippen MR) is 39.9 cm³/mol. The van der Waals surface area contributed by atoms with E-state index in [-0.39, 0.29) is 11.8 Å². The zero-order chi connectivity index (χ0) is 8.69. The highest BCUT2D eigenvalue weighted by Crippen LogP contribution is 1.87. The lowest BCUT2D eigenvalue weighted by Crippen LogP contribution is -2.07. The predicted octanol–water partition coefficient (Wildman–Crippen LogP) is 0.950. The number of nitrogens with zero attached hydrogens (tertiary/aromatic N) is 2. The van der Waals surface area contributed by atoms with Gasteiger partial charge in [0.25, 0.3) is 11.8 Å². The summed E-state index contributed by atoms with van der Waals surface area (Å²) in [7, 11) is 0. The third-order valence-corrected chi connectivity index (χ3v) is 0.755. The van der Waals surface area contributed by atoms with Crippen LogP contribution in [0.2, 0.25) is 0 Å². The van der Waals surface area contributed by atoms with Crippen LogP contribution in [0.5, 0.6) is 0 Å². The van der Waals surface area contributed by atoms with E-state index >= 15 is 0 Å². The monoisotopic (exact) mass is 156 g/mol. The van der Waals surface area contributed by atoms with Gasteiger partial charge in [-0.05, 0) is 22.5 Å². The van der Waals surface area contributed by atoms with Crippen molar-refractivity contribution in [3.05, 3.63) is 25.3 Å². The first-order valence-electron chi connectivity index (χ1n) is 2.65. The molecule has 0 atom stereocenters. The topological polar surface area (TPSA) is 74.4 Å². The quantitative estimate of drug-likeness (QED) is 0.270. The summed E-state index contributed by atoms with van der Waals surface area (Å²) in [6.07, 6.45) is 2.30. The average Bonchev–Trinajstić information content (AvgIpc) is 2.07. The van der Waals surface area contributed by atoms with Crippen molar-refractivity contribution in [1.82, 2.24) is 0 Å². The highest BCUT2D eigenvalue weighted by molar-refractivity contribution is 6.00. The Morgan fingerprint density at radius 3 is 1.64 bits per heavy atom. The lowest BCUT2D eigenvalue weighted by Gasteiger charge is -1.98. The fraction of sp³-hybridized carbons (Fsp3) is 0. The molecule has 0 aliphatic carbocycles. The summed E-state index contributed by atoms with van der Waals surface area (Å²) in [6.45, 7) is 6.53. The van der Waals surface area contributed by atoms with Crippen LogP contribution >= 0.6 is 0 Å². The van der Waals surface area contributed by atoms with Crippen molar-refractivity contribution >= 4 is 11.8 Å². The molecule has 0 unspecified atom stereocenters. The molecule has 0 aliphatic heterocycles. The van der Waals surface area contributed by atoms with Gasteiger partial charge in [0.05, 0.1) is 0 Å². The van der Waals surface area contributed by atoms with Gasteiger partial charge in [-0.15, -0.1) is 0 Å². The third kappa shape index (κ3) is 3.04. The molecule has 0 bridgehead atoms. The van der Waals surface area contributed by atoms with E-state index < -0.39 is 0 Å². The summed E-state index contributed by atoms with van der Waals surface area (Å²) >= 11 is 0. The molecular weight excluding hydrogens is 148 g/mol. The van der Waals surface area contributed by atoms with Crippen LogP contribution in [0.1, 0.15) is 0 Å². The lowest BCUT2D eigenvalue weighted by atomic mass is 10.6. The minimum absolute atomic E-state index is 0.169. The molecule has 0 aliphatic rings. The molecule has 0 radical (unpaired) electrons. The van der Waals surface area contributed by atoms with Gasteiger partial charge in [0.15, 0.2) is 0 Å². The van der Waals surface area contributed by atoms with E-state index in [0.717, 1.165) is 12.2 Å². The van der Waals surface area contributed by atoms with Crippen molar-refractivity contribution in [2.75, 3.05) is 0 Å². The van der Waals surface area contributed by atoms with Crippen LogP contribution in [-0.4, -0.2) is 22.2 Å². The van der Waals surface area contributed by atoms with E-state index in [1.165, 1.54) is 0 Å². The zero-order valence-electron chi connectivity index (χ0n) is 5.77. The number of oxime groups is 2. The molecule has 0 aromatic rings. The Kier molecular flexibility index (Phi) is 4.22. The first-order chi connectivity index (χ1) is 5.28. The Hall–Kier alpha value is -1.78. The Morgan fingerprint density at radius 2 is 1.45 bits per heavy atom. The second kappa shape index (κ2) is 5.04. The maximum Gasteiger partial charge on any atom is 0.256 e. The van der Waals surface area contributed by atoms with Gasteiger partial charge in [-0.2, -0.15) is 0 Å². The Balaban J connectivity index is 4.22. The zero-order valence-corrected chi connectivity index (χ0v) is 5.77. The minimum Gasteiger partial charge on any atom is -0.415 e. The van der Waals surface area contributed by atoms with E-state index in [1.807, 2.05) is 0 Å².